The van der Waals surface area contributed by atoms with E-state index < -0.39 is 23.4 Å². The van der Waals surface area contributed by atoms with Gasteiger partial charge in [-0.2, -0.15) is 0 Å². The second-order valence-corrected chi connectivity index (χ2v) is 7.45. The van der Waals surface area contributed by atoms with Crippen molar-refractivity contribution in [3.63, 3.8) is 0 Å². The number of hydrogen-bond donors (Lipinski definition) is 3. The van der Waals surface area contributed by atoms with Crippen molar-refractivity contribution < 1.29 is 19.4 Å². The van der Waals surface area contributed by atoms with E-state index in [-0.39, 0.29) is 18.1 Å². The van der Waals surface area contributed by atoms with E-state index in [1.54, 1.807) is 32.9 Å². The number of H-pyrrole nitrogens is 2. The number of esters is 1. The maximum atomic E-state index is 12.9. The first-order valence-electron chi connectivity index (χ1n) is 9.19. The summed E-state index contributed by atoms with van der Waals surface area (Å²) in [6.45, 7) is 7.57. The van der Waals surface area contributed by atoms with E-state index in [0.717, 1.165) is 5.56 Å². The van der Waals surface area contributed by atoms with Gasteiger partial charge in [0.25, 0.3) is 5.56 Å². The first-order valence-corrected chi connectivity index (χ1v) is 9.19. The molecule has 1 aromatic carbocycles. The van der Waals surface area contributed by atoms with Crippen LogP contribution in [0.5, 0.6) is 5.75 Å². The molecule has 1 aliphatic carbocycles. The molecule has 1 heterocycles. The predicted octanol–water partition coefficient (Wildman–Crippen LogP) is 2.11. The molecular weight excluding hydrogens is 348 g/mol. The van der Waals surface area contributed by atoms with Crippen LogP contribution >= 0.6 is 0 Å². The zero-order valence-corrected chi connectivity index (χ0v) is 16.0. The van der Waals surface area contributed by atoms with Crippen LogP contribution in [-0.4, -0.2) is 39.6 Å². The van der Waals surface area contributed by atoms with Crippen LogP contribution in [0.25, 0.3) is 0 Å². The molecule has 0 aliphatic heterocycles. The molecule has 0 saturated carbocycles. The fourth-order valence-corrected chi connectivity index (χ4v) is 3.86. The van der Waals surface area contributed by atoms with Gasteiger partial charge in [-0.1, -0.05) is 12.1 Å². The smallest absolute Gasteiger partial charge is 0.313 e. The highest BCUT2D eigenvalue weighted by Crippen LogP contribution is 2.44. The van der Waals surface area contributed by atoms with Gasteiger partial charge in [0.15, 0.2) is 0 Å². The lowest BCUT2D eigenvalue weighted by Gasteiger charge is -2.40. The number of aromatic nitrogens is 2. The molecule has 0 saturated heterocycles. The van der Waals surface area contributed by atoms with Gasteiger partial charge in [0.05, 0.1) is 24.2 Å². The highest BCUT2D eigenvalue weighted by Gasteiger charge is 2.51. The summed E-state index contributed by atoms with van der Waals surface area (Å²) in [4.78, 5) is 25.4. The Bertz CT molecular complexity index is 863. The third-order valence-electron chi connectivity index (χ3n) is 4.90. The van der Waals surface area contributed by atoms with E-state index in [1.165, 1.54) is 0 Å². The first kappa shape index (κ1) is 19.2. The zero-order valence-electron chi connectivity index (χ0n) is 16.0. The Labute approximate surface area is 157 Å². The number of rotatable bonds is 5. The molecular formula is C20H26N2O5. The van der Waals surface area contributed by atoms with E-state index in [2.05, 4.69) is 10.2 Å². The molecule has 0 unspecified atom stereocenters. The van der Waals surface area contributed by atoms with Crippen molar-refractivity contribution in [3.05, 3.63) is 51.4 Å². The number of carbonyl (C=O) groups excluding carboxylic acids is 1. The van der Waals surface area contributed by atoms with Crippen molar-refractivity contribution in [2.45, 2.75) is 51.7 Å². The summed E-state index contributed by atoms with van der Waals surface area (Å²) in [6.07, 6.45) is -0.160. The minimum Gasteiger partial charge on any atom is -0.494 e. The lowest BCUT2D eigenvalue weighted by atomic mass is 9.66. The van der Waals surface area contributed by atoms with Crippen LogP contribution in [-0.2, 0) is 16.0 Å². The minimum atomic E-state index is -1.37. The summed E-state index contributed by atoms with van der Waals surface area (Å²) in [5.41, 5.74) is 0.166. The summed E-state index contributed by atoms with van der Waals surface area (Å²) in [7, 11) is 0. The summed E-state index contributed by atoms with van der Waals surface area (Å²) in [5, 5.41) is 16.5. The van der Waals surface area contributed by atoms with Crippen LogP contribution in [0.4, 0.5) is 0 Å². The largest absolute Gasteiger partial charge is 0.494 e. The second-order valence-electron chi connectivity index (χ2n) is 7.45. The maximum Gasteiger partial charge on any atom is 0.313 e. The third kappa shape index (κ3) is 3.64. The standard InChI is InChI=1S/C20H26N2O5/c1-5-26-13-8-6-12(7-9-13)15-16-14(21-22-18(16)23)10-20(4,25)17(15)19(24)27-11(2)3/h6-9,11,15,17,25H,5,10H2,1-4H3,(H2,21,22,23)/t15-,17-,20-/m1/s1. The molecule has 3 N–H and O–H groups in total. The Morgan fingerprint density at radius 2 is 1.96 bits per heavy atom. The van der Waals surface area contributed by atoms with Crippen LogP contribution in [0.1, 0.15) is 50.4 Å². The van der Waals surface area contributed by atoms with E-state index in [1.807, 2.05) is 19.1 Å². The number of aliphatic hydroxyl groups is 1. The van der Waals surface area contributed by atoms with E-state index in [9.17, 15) is 14.7 Å². The van der Waals surface area contributed by atoms with Crippen LogP contribution in [0.3, 0.4) is 0 Å². The van der Waals surface area contributed by atoms with Gasteiger partial charge in [0.2, 0.25) is 0 Å². The maximum absolute atomic E-state index is 12.9. The molecule has 0 amide bonds. The molecule has 1 aliphatic rings. The highest BCUT2D eigenvalue weighted by atomic mass is 16.5. The Balaban J connectivity index is 2.12. The molecule has 27 heavy (non-hydrogen) atoms. The molecule has 2 aromatic rings. The molecule has 0 bridgehead atoms. The molecule has 0 fully saturated rings. The zero-order chi connectivity index (χ0) is 19.8. The van der Waals surface area contributed by atoms with Gasteiger partial charge in [-0.3, -0.25) is 14.7 Å². The van der Waals surface area contributed by atoms with E-state index in [0.29, 0.717) is 23.6 Å². The third-order valence-corrected chi connectivity index (χ3v) is 4.90. The van der Waals surface area contributed by atoms with Gasteiger partial charge in [-0.25, -0.2) is 0 Å². The van der Waals surface area contributed by atoms with Crippen molar-refractivity contribution in [2.75, 3.05) is 6.61 Å². The minimum absolute atomic E-state index is 0.159. The van der Waals surface area contributed by atoms with Gasteiger partial charge in [-0.15, -0.1) is 0 Å². The Morgan fingerprint density at radius 1 is 1.30 bits per heavy atom. The fourth-order valence-electron chi connectivity index (χ4n) is 3.86. The predicted molar refractivity (Wildman–Crippen MR) is 99.9 cm³/mol. The molecule has 0 spiro atoms. The lowest BCUT2D eigenvalue weighted by Crippen LogP contribution is -2.50. The summed E-state index contributed by atoms with van der Waals surface area (Å²) < 4.78 is 10.9. The first-order chi connectivity index (χ1) is 12.7. The molecule has 7 heteroatoms. The lowest BCUT2D eigenvalue weighted by molar-refractivity contribution is -0.163. The molecule has 3 atom stereocenters. The quantitative estimate of drug-likeness (QED) is 0.696. The summed E-state index contributed by atoms with van der Waals surface area (Å²) in [6, 6.07) is 7.24. The van der Waals surface area contributed by atoms with E-state index in [4.69, 9.17) is 9.47 Å². The van der Waals surface area contributed by atoms with Gasteiger partial charge >= 0.3 is 5.97 Å². The summed E-state index contributed by atoms with van der Waals surface area (Å²) >= 11 is 0. The van der Waals surface area contributed by atoms with Crippen LogP contribution in [0.15, 0.2) is 29.1 Å². The number of hydrogen-bond acceptors (Lipinski definition) is 5. The molecule has 3 rings (SSSR count). The van der Waals surface area contributed by atoms with Gasteiger partial charge in [0, 0.05) is 23.6 Å². The van der Waals surface area contributed by atoms with Crippen LogP contribution < -0.4 is 10.3 Å². The number of carbonyl (C=O) groups is 1. The molecule has 7 nitrogen and oxygen atoms in total. The monoisotopic (exact) mass is 374 g/mol. The fraction of sp³-hybridized carbons (Fsp3) is 0.500. The SMILES string of the molecule is CCOc1ccc([C@@H]2c3c([nH][nH]c3=O)C[C@@](C)(O)[C@H]2C(=O)OC(C)C)cc1. The van der Waals surface area contributed by atoms with Gasteiger partial charge < -0.3 is 19.7 Å². The molecule has 0 radical (unpaired) electrons. The molecule has 146 valence electrons. The van der Waals surface area contributed by atoms with E-state index >= 15 is 0 Å². The molecule has 1 aromatic heterocycles. The van der Waals surface area contributed by atoms with Crippen LogP contribution in [0, 0.1) is 5.92 Å². The Morgan fingerprint density at radius 3 is 2.56 bits per heavy atom. The number of fused-ring (bicyclic) bond motifs is 1. The highest BCUT2D eigenvalue weighted by molar-refractivity contribution is 5.77. The van der Waals surface area contributed by atoms with Crippen molar-refractivity contribution in [1.29, 1.82) is 0 Å². The number of nitrogens with one attached hydrogen (secondary N) is 2. The van der Waals surface area contributed by atoms with Crippen molar-refractivity contribution in [1.82, 2.24) is 10.2 Å². The Hall–Kier alpha value is -2.54. The topological polar surface area (TPSA) is 104 Å². The number of benzene rings is 1. The van der Waals surface area contributed by atoms with Gasteiger partial charge in [0.1, 0.15) is 5.75 Å². The Kier molecular flexibility index (Phi) is 5.15. The van der Waals surface area contributed by atoms with Crippen molar-refractivity contribution in [2.24, 2.45) is 5.92 Å². The normalized spacial score (nSPS) is 24.5. The second kappa shape index (κ2) is 7.23. The summed E-state index contributed by atoms with van der Waals surface area (Å²) in [5.74, 6) is -1.34. The number of aromatic amines is 2. The number of ether oxygens (including phenoxy) is 2. The van der Waals surface area contributed by atoms with Crippen molar-refractivity contribution >= 4 is 5.97 Å². The van der Waals surface area contributed by atoms with Gasteiger partial charge in [-0.05, 0) is 45.4 Å². The van der Waals surface area contributed by atoms with Crippen molar-refractivity contribution in [3.8, 4) is 5.75 Å². The van der Waals surface area contributed by atoms with Crippen LogP contribution in [0.2, 0.25) is 0 Å². The average Bonchev–Trinajstić information content (AvgIpc) is 2.93. The average molecular weight is 374 g/mol.